The second-order valence-corrected chi connectivity index (χ2v) is 7.39. The third-order valence-corrected chi connectivity index (χ3v) is 5.81. The van der Waals surface area contributed by atoms with E-state index in [9.17, 15) is 14.7 Å². The van der Waals surface area contributed by atoms with Gasteiger partial charge in [0.2, 0.25) is 0 Å². The van der Waals surface area contributed by atoms with Gasteiger partial charge in [-0.25, -0.2) is 0 Å². The predicted octanol–water partition coefficient (Wildman–Crippen LogP) is 3.19. The van der Waals surface area contributed by atoms with Crippen LogP contribution in [0.15, 0.2) is 6.07 Å². The molecule has 2 heterocycles. The molecule has 1 atom stereocenters. The lowest BCUT2D eigenvalue weighted by Gasteiger charge is -2.28. The van der Waals surface area contributed by atoms with E-state index in [1.807, 2.05) is 26.8 Å². The van der Waals surface area contributed by atoms with Gasteiger partial charge >= 0.3 is 5.97 Å². The van der Waals surface area contributed by atoms with Gasteiger partial charge in [0.15, 0.2) is 0 Å². The number of hydrogen-bond donors (Lipinski definition) is 1. The van der Waals surface area contributed by atoms with Crippen molar-refractivity contribution < 1.29 is 14.7 Å². The normalized spacial score (nSPS) is 22.0. The molecule has 1 aromatic heterocycles. The molecule has 0 saturated carbocycles. The number of carbonyl (C=O) groups is 2. The van der Waals surface area contributed by atoms with Gasteiger partial charge < -0.3 is 10.0 Å². The summed E-state index contributed by atoms with van der Waals surface area (Å²) in [6, 6.07) is 1.96. The summed E-state index contributed by atoms with van der Waals surface area (Å²) in [5.41, 5.74) is 0.408. The van der Waals surface area contributed by atoms with Crippen molar-refractivity contribution in [1.82, 2.24) is 4.90 Å². The van der Waals surface area contributed by atoms with Gasteiger partial charge in [0.25, 0.3) is 5.91 Å². The summed E-state index contributed by atoms with van der Waals surface area (Å²) in [6.07, 6.45) is 1.46. The zero-order chi connectivity index (χ0) is 15.8. The van der Waals surface area contributed by atoms with E-state index in [0.29, 0.717) is 19.5 Å². The number of amides is 1. The maximum atomic E-state index is 12.6. The lowest BCUT2D eigenvalue weighted by molar-refractivity contribution is -0.150. The van der Waals surface area contributed by atoms with Crippen LogP contribution >= 0.6 is 11.3 Å². The van der Waals surface area contributed by atoms with Crippen molar-refractivity contribution >= 4 is 23.2 Å². The average molecular weight is 309 g/mol. The van der Waals surface area contributed by atoms with Crippen molar-refractivity contribution in [2.45, 2.75) is 40.5 Å². The van der Waals surface area contributed by atoms with Crippen LogP contribution < -0.4 is 0 Å². The van der Waals surface area contributed by atoms with Crippen molar-refractivity contribution in [1.29, 1.82) is 0 Å². The number of carboxylic acids is 1. The zero-order valence-electron chi connectivity index (χ0n) is 13.1. The predicted molar refractivity (Wildman–Crippen MR) is 83.9 cm³/mol. The van der Waals surface area contributed by atoms with E-state index in [0.717, 1.165) is 11.3 Å². The van der Waals surface area contributed by atoms with Gasteiger partial charge in [-0.1, -0.05) is 20.8 Å². The Hall–Kier alpha value is -1.36. The van der Waals surface area contributed by atoms with Crippen molar-refractivity contribution in [3.8, 4) is 0 Å². The largest absolute Gasteiger partial charge is 0.481 e. The van der Waals surface area contributed by atoms with Crippen LogP contribution in [0.25, 0.3) is 0 Å². The maximum absolute atomic E-state index is 12.6. The summed E-state index contributed by atoms with van der Waals surface area (Å²) in [7, 11) is 0. The number of carbonyl (C=O) groups excluding carboxylic acids is 1. The molecular formula is C16H23NO3S. The molecule has 0 aromatic carbocycles. The quantitative estimate of drug-likeness (QED) is 0.929. The molecule has 0 aliphatic carbocycles. The van der Waals surface area contributed by atoms with Gasteiger partial charge in [-0.05, 0) is 37.3 Å². The smallest absolute Gasteiger partial charge is 0.311 e. The highest BCUT2D eigenvalue weighted by Crippen LogP contribution is 2.39. The van der Waals surface area contributed by atoms with Gasteiger partial charge in [0.05, 0.1) is 10.3 Å². The Morgan fingerprint density at radius 1 is 1.48 bits per heavy atom. The second kappa shape index (κ2) is 5.79. The second-order valence-electron chi connectivity index (χ2n) is 6.14. The van der Waals surface area contributed by atoms with E-state index in [1.165, 1.54) is 21.8 Å². The fraction of sp³-hybridized carbons (Fsp3) is 0.625. The molecule has 1 N–H and O–H groups in total. The number of carboxylic acid groups (broad SMARTS) is 1. The topological polar surface area (TPSA) is 57.6 Å². The molecule has 1 saturated heterocycles. The minimum Gasteiger partial charge on any atom is -0.481 e. The number of rotatable bonds is 4. The van der Waals surface area contributed by atoms with Crippen LogP contribution in [0.4, 0.5) is 0 Å². The zero-order valence-corrected chi connectivity index (χ0v) is 13.9. The summed E-state index contributed by atoms with van der Waals surface area (Å²) in [6.45, 7) is 8.80. The van der Waals surface area contributed by atoms with Crippen LogP contribution in [0.2, 0.25) is 0 Å². The van der Waals surface area contributed by atoms with E-state index in [2.05, 4.69) is 6.92 Å². The summed E-state index contributed by atoms with van der Waals surface area (Å²) in [5, 5.41) is 9.56. The van der Waals surface area contributed by atoms with Gasteiger partial charge in [-0.3, -0.25) is 9.59 Å². The van der Waals surface area contributed by atoms with Crippen LogP contribution in [0.5, 0.6) is 0 Å². The maximum Gasteiger partial charge on any atom is 0.311 e. The SMILES string of the molecule is CCc1cc(C(=O)N2CCC(C(=O)O)(C(C)C)C2)sc1C. The first-order valence-corrected chi connectivity index (χ1v) is 8.25. The molecule has 0 bridgehead atoms. The number of thiophene rings is 1. The van der Waals surface area contributed by atoms with Crippen molar-refractivity contribution in [2.24, 2.45) is 11.3 Å². The molecule has 0 radical (unpaired) electrons. The van der Waals surface area contributed by atoms with E-state index >= 15 is 0 Å². The number of hydrogen-bond acceptors (Lipinski definition) is 3. The summed E-state index contributed by atoms with van der Waals surface area (Å²) >= 11 is 1.51. The monoisotopic (exact) mass is 309 g/mol. The number of aliphatic carboxylic acids is 1. The van der Waals surface area contributed by atoms with Gasteiger partial charge in [0, 0.05) is 18.0 Å². The fourth-order valence-electron chi connectivity index (χ4n) is 3.03. The Morgan fingerprint density at radius 3 is 2.57 bits per heavy atom. The molecule has 1 aliphatic rings. The van der Waals surface area contributed by atoms with E-state index < -0.39 is 11.4 Å². The van der Waals surface area contributed by atoms with Crippen LogP contribution in [0.3, 0.4) is 0 Å². The van der Waals surface area contributed by atoms with Crippen molar-refractivity contribution in [2.75, 3.05) is 13.1 Å². The summed E-state index contributed by atoms with van der Waals surface area (Å²) in [5.74, 6) is -0.792. The molecule has 5 heteroatoms. The van der Waals surface area contributed by atoms with Gasteiger partial charge in [-0.2, -0.15) is 0 Å². The molecule has 21 heavy (non-hydrogen) atoms. The first-order chi connectivity index (χ1) is 9.81. The molecule has 2 rings (SSSR count). The Balaban J connectivity index is 2.20. The summed E-state index contributed by atoms with van der Waals surface area (Å²) < 4.78 is 0. The molecule has 1 aromatic rings. The molecule has 1 unspecified atom stereocenters. The van der Waals surface area contributed by atoms with Gasteiger partial charge in [-0.15, -0.1) is 11.3 Å². The highest BCUT2D eigenvalue weighted by Gasteiger charge is 2.48. The van der Waals surface area contributed by atoms with E-state index in [1.54, 1.807) is 4.90 Å². The van der Waals surface area contributed by atoms with Crippen LogP contribution in [0, 0.1) is 18.3 Å². The standard InChI is InChI=1S/C16H23NO3S/c1-5-12-8-13(21-11(12)4)14(18)17-7-6-16(9-17,10(2)3)15(19)20/h8,10H,5-7,9H2,1-4H3,(H,19,20). The lowest BCUT2D eigenvalue weighted by atomic mass is 9.76. The minimum absolute atomic E-state index is 0.0177. The first kappa shape index (κ1) is 16.0. The van der Waals surface area contributed by atoms with Crippen molar-refractivity contribution in [3.63, 3.8) is 0 Å². The minimum atomic E-state index is -0.796. The molecule has 116 valence electrons. The third kappa shape index (κ3) is 2.71. The van der Waals surface area contributed by atoms with Crippen LogP contribution in [-0.4, -0.2) is 35.0 Å². The highest BCUT2D eigenvalue weighted by atomic mass is 32.1. The molecule has 1 fully saturated rings. The molecule has 1 aliphatic heterocycles. The average Bonchev–Trinajstić information content (AvgIpc) is 3.02. The Kier molecular flexibility index (Phi) is 4.42. The Bertz CT molecular complexity index is 564. The lowest BCUT2D eigenvalue weighted by Crippen LogP contribution is -2.40. The van der Waals surface area contributed by atoms with E-state index in [-0.39, 0.29) is 11.8 Å². The molecular weight excluding hydrogens is 286 g/mol. The fourth-order valence-corrected chi connectivity index (χ4v) is 4.11. The van der Waals surface area contributed by atoms with E-state index in [4.69, 9.17) is 0 Å². The Morgan fingerprint density at radius 2 is 2.14 bits per heavy atom. The molecule has 0 spiro atoms. The molecule has 1 amide bonds. The number of nitrogens with zero attached hydrogens (tertiary/aromatic N) is 1. The summed E-state index contributed by atoms with van der Waals surface area (Å²) in [4.78, 5) is 27.9. The van der Waals surface area contributed by atoms with Crippen molar-refractivity contribution in [3.05, 3.63) is 21.4 Å². The molecule has 4 nitrogen and oxygen atoms in total. The van der Waals surface area contributed by atoms with Crippen LogP contribution in [0.1, 0.15) is 47.3 Å². The first-order valence-electron chi connectivity index (χ1n) is 7.43. The van der Waals surface area contributed by atoms with Crippen LogP contribution in [-0.2, 0) is 11.2 Å². The number of likely N-dealkylation sites (tertiary alicyclic amines) is 1. The number of aryl methyl sites for hydroxylation is 2. The van der Waals surface area contributed by atoms with Gasteiger partial charge in [0.1, 0.15) is 0 Å². The Labute approximate surface area is 129 Å². The third-order valence-electron chi connectivity index (χ3n) is 4.73. The highest BCUT2D eigenvalue weighted by molar-refractivity contribution is 7.14.